The Balaban J connectivity index is 1.42. The first-order valence-corrected chi connectivity index (χ1v) is 11.0. The molecule has 0 aliphatic carbocycles. The van der Waals surface area contributed by atoms with Crippen molar-refractivity contribution in [1.29, 1.82) is 0 Å². The third-order valence-electron chi connectivity index (χ3n) is 5.10. The molecular formula is C22H30N4O3S. The normalized spacial score (nSPS) is 15.7. The number of carbonyl (C=O) groups is 2. The number of benzene rings is 1. The zero-order valence-corrected chi connectivity index (χ0v) is 18.9. The summed E-state index contributed by atoms with van der Waals surface area (Å²) in [5.74, 6) is -0.442. The summed E-state index contributed by atoms with van der Waals surface area (Å²) in [6.07, 6.45) is 0. The number of methoxy groups -OCH3 is 1. The Kier molecular flexibility index (Phi) is 7.23. The van der Waals surface area contributed by atoms with Crippen LogP contribution in [-0.2, 0) is 21.5 Å². The topological polar surface area (TPSA) is 74.8 Å². The van der Waals surface area contributed by atoms with E-state index in [0.717, 1.165) is 43.4 Å². The first kappa shape index (κ1) is 22.4. The number of piperazine rings is 1. The average molecular weight is 431 g/mol. The number of aromatic nitrogens is 1. The molecule has 1 saturated heterocycles. The molecule has 0 saturated carbocycles. The molecular weight excluding hydrogens is 400 g/mol. The highest BCUT2D eigenvalue weighted by Gasteiger charge is 2.22. The number of thiazole rings is 1. The van der Waals surface area contributed by atoms with Crippen LogP contribution in [0.4, 0.5) is 5.69 Å². The van der Waals surface area contributed by atoms with Crippen molar-refractivity contribution < 1.29 is 14.3 Å². The molecule has 1 aliphatic rings. The lowest BCUT2D eigenvalue weighted by molar-refractivity contribution is -0.117. The van der Waals surface area contributed by atoms with Crippen LogP contribution in [0.15, 0.2) is 29.6 Å². The van der Waals surface area contributed by atoms with Gasteiger partial charge in [-0.25, -0.2) is 9.78 Å². The fraction of sp³-hybridized carbons (Fsp3) is 0.500. The molecule has 2 aromatic rings. The van der Waals surface area contributed by atoms with Crippen LogP contribution < -0.4 is 5.32 Å². The summed E-state index contributed by atoms with van der Waals surface area (Å²) >= 11 is 1.73. The molecule has 1 amide bonds. The van der Waals surface area contributed by atoms with E-state index in [1.165, 1.54) is 7.11 Å². The van der Waals surface area contributed by atoms with Gasteiger partial charge in [0.15, 0.2) is 0 Å². The number of esters is 1. The summed E-state index contributed by atoms with van der Waals surface area (Å²) in [5.41, 5.74) is 2.36. The lowest BCUT2D eigenvalue weighted by Crippen LogP contribution is -2.48. The molecule has 8 heteroatoms. The number of ether oxygens (including phenoxy) is 1. The van der Waals surface area contributed by atoms with Gasteiger partial charge in [0.25, 0.3) is 0 Å². The predicted octanol–water partition coefficient (Wildman–Crippen LogP) is 2.98. The highest BCUT2D eigenvalue weighted by molar-refractivity contribution is 7.09. The highest BCUT2D eigenvalue weighted by atomic mass is 32.1. The van der Waals surface area contributed by atoms with Gasteiger partial charge in [-0.05, 0) is 24.3 Å². The van der Waals surface area contributed by atoms with Crippen LogP contribution in [0.25, 0.3) is 0 Å². The second kappa shape index (κ2) is 9.68. The number of hydrogen-bond acceptors (Lipinski definition) is 7. The molecule has 0 bridgehead atoms. The SMILES string of the molecule is COC(=O)c1ccc(NC(=O)CN2CCN(Cc3nc(C(C)(C)C)cs3)CC2)cc1. The van der Waals surface area contributed by atoms with Gasteiger partial charge in [0.2, 0.25) is 5.91 Å². The Hall–Kier alpha value is -2.29. The number of nitrogens with one attached hydrogen (secondary N) is 1. The van der Waals surface area contributed by atoms with Crippen molar-refractivity contribution >= 4 is 28.9 Å². The summed E-state index contributed by atoms with van der Waals surface area (Å²) in [6.45, 7) is 11.3. The molecule has 1 aromatic heterocycles. The number of hydrogen-bond donors (Lipinski definition) is 1. The number of anilines is 1. The van der Waals surface area contributed by atoms with Crippen molar-refractivity contribution in [1.82, 2.24) is 14.8 Å². The van der Waals surface area contributed by atoms with E-state index >= 15 is 0 Å². The van der Waals surface area contributed by atoms with E-state index in [1.54, 1.807) is 35.6 Å². The minimum Gasteiger partial charge on any atom is -0.465 e. The molecule has 1 fully saturated rings. The molecule has 3 rings (SSSR count). The summed E-state index contributed by atoms with van der Waals surface area (Å²) in [6, 6.07) is 6.71. The van der Waals surface area contributed by atoms with Crippen LogP contribution >= 0.6 is 11.3 Å². The molecule has 0 atom stereocenters. The minimum atomic E-state index is -0.391. The predicted molar refractivity (Wildman–Crippen MR) is 119 cm³/mol. The first-order chi connectivity index (χ1) is 14.2. The summed E-state index contributed by atoms with van der Waals surface area (Å²) < 4.78 is 4.68. The van der Waals surface area contributed by atoms with Gasteiger partial charge in [-0.1, -0.05) is 20.8 Å². The van der Waals surface area contributed by atoms with Gasteiger partial charge in [0.1, 0.15) is 5.01 Å². The Bertz CT molecular complexity index is 865. The summed E-state index contributed by atoms with van der Waals surface area (Å²) in [5, 5.41) is 6.20. The van der Waals surface area contributed by atoms with Crippen LogP contribution in [0, 0.1) is 0 Å². The van der Waals surface area contributed by atoms with Crippen LogP contribution in [0.2, 0.25) is 0 Å². The van der Waals surface area contributed by atoms with Crippen molar-refractivity contribution in [2.75, 3.05) is 45.2 Å². The Labute approximate surface area is 182 Å². The van der Waals surface area contributed by atoms with E-state index in [9.17, 15) is 9.59 Å². The fourth-order valence-corrected chi connectivity index (χ4v) is 4.30. The van der Waals surface area contributed by atoms with Gasteiger partial charge >= 0.3 is 5.97 Å². The standard InChI is InChI=1S/C22H30N4O3S/c1-22(2,3)18-15-30-20(24-18)14-26-11-9-25(10-12-26)13-19(27)23-17-7-5-16(6-8-17)21(28)29-4/h5-8,15H,9-14H2,1-4H3,(H,23,27). The zero-order chi connectivity index (χ0) is 21.7. The third kappa shape index (κ3) is 6.10. The summed E-state index contributed by atoms with van der Waals surface area (Å²) in [7, 11) is 1.35. The number of carbonyl (C=O) groups excluding carboxylic acids is 2. The molecule has 1 aromatic carbocycles. The smallest absolute Gasteiger partial charge is 0.337 e. The van der Waals surface area contributed by atoms with Crippen LogP contribution in [-0.4, -0.2) is 66.5 Å². The van der Waals surface area contributed by atoms with E-state index in [-0.39, 0.29) is 11.3 Å². The van der Waals surface area contributed by atoms with Crippen molar-refractivity contribution in [3.8, 4) is 0 Å². The number of rotatable bonds is 6. The monoisotopic (exact) mass is 430 g/mol. The third-order valence-corrected chi connectivity index (χ3v) is 5.93. The average Bonchev–Trinajstić information content (AvgIpc) is 3.18. The maximum Gasteiger partial charge on any atom is 0.337 e. The minimum absolute atomic E-state index is 0.0518. The molecule has 7 nitrogen and oxygen atoms in total. The van der Waals surface area contributed by atoms with Crippen LogP contribution in [0.5, 0.6) is 0 Å². The van der Waals surface area contributed by atoms with Gasteiger partial charge in [0, 0.05) is 42.7 Å². The van der Waals surface area contributed by atoms with E-state index < -0.39 is 5.97 Å². The Morgan fingerprint density at radius 3 is 2.30 bits per heavy atom. The molecule has 162 valence electrons. The molecule has 30 heavy (non-hydrogen) atoms. The van der Waals surface area contributed by atoms with Gasteiger partial charge in [-0.15, -0.1) is 11.3 Å². The van der Waals surface area contributed by atoms with Crippen LogP contribution in [0.1, 0.15) is 41.8 Å². The van der Waals surface area contributed by atoms with E-state index in [4.69, 9.17) is 4.98 Å². The fourth-order valence-electron chi connectivity index (χ4n) is 3.24. The zero-order valence-electron chi connectivity index (χ0n) is 18.1. The van der Waals surface area contributed by atoms with E-state index in [1.807, 2.05) is 0 Å². The number of amides is 1. The summed E-state index contributed by atoms with van der Waals surface area (Å²) in [4.78, 5) is 33.2. The maximum atomic E-state index is 12.4. The van der Waals surface area contributed by atoms with Crippen LogP contribution in [0.3, 0.4) is 0 Å². The molecule has 0 radical (unpaired) electrons. The van der Waals surface area contributed by atoms with Crippen molar-refractivity contribution in [3.63, 3.8) is 0 Å². The molecule has 0 unspecified atom stereocenters. The molecule has 2 heterocycles. The lowest BCUT2D eigenvalue weighted by Gasteiger charge is -2.33. The highest BCUT2D eigenvalue weighted by Crippen LogP contribution is 2.24. The van der Waals surface area contributed by atoms with E-state index in [0.29, 0.717) is 17.8 Å². The molecule has 1 N–H and O–H groups in total. The quantitative estimate of drug-likeness (QED) is 0.710. The lowest BCUT2D eigenvalue weighted by atomic mass is 9.93. The molecule has 1 aliphatic heterocycles. The van der Waals surface area contributed by atoms with Gasteiger partial charge in [-0.3, -0.25) is 14.6 Å². The first-order valence-electron chi connectivity index (χ1n) is 10.1. The number of nitrogens with zero attached hydrogens (tertiary/aromatic N) is 3. The Morgan fingerprint density at radius 1 is 1.10 bits per heavy atom. The van der Waals surface area contributed by atoms with Gasteiger partial charge in [-0.2, -0.15) is 0 Å². The van der Waals surface area contributed by atoms with Crippen molar-refractivity contribution in [3.05, 3.63) is 45.9 Å². The van der Waals surface area contributed by atoms with Crippen molar-refractivity contribution in [2.45, 2.75) is 32.7 Å². The van der Waals surface area contributed by atoms with Crippen molar-refractivity contribution in [2.24, 2.45) is 0 Å². The van der Waals surface area contributed by atoms with Gasteiger partial charge in [0.05, 0.1) is 31.5 Å². The van der Waals surface area contributed by atoms with Gasteiger partial charge < -0.3 is 10.1 Å². The maximum absolute atomic E-state index is 12.4. The van der Waals surface area contributed by atoms with E-state index in [2.05, 4.69) is 46.0 Å². The second-order valence-electron chi connectivity index (χ2n) is 8.55. The largest absolute Gasteiger partial charge is 0.465 e. The Morgan fingerprint density at radius 2 is 1.73 bits per heavy atom. The molecule has 0 spiro atoms. The second-order valence-corrected chi connectivity index (χ2v) is 9.49.